The molecular weight excluding hydrogens is 316 g/mol. The van der Waals surface area contributed by atoms with Crippen molar-refractivity contribution in [3.8, 4) is 0 Å². The van der Waals surface area contributed by atoms with Crippen LogP contribution in [-0.2, 0) is 6.42 Å². The summed E-state index contributed by atoms with van der Waals surface area (Å²) in [5.41, 5.74) is 5.91. The highest BCUT2D eigenvalue weighted by atomic mass is 32.1. The molecule has 0 fully saturated rings. The molecule has 0 radical (unpaired) electrons. The molecule has 4 heteroatoms. The molecule has 0 unspecified atom stereocenters. The lowest BCUT2D eigenvalue weighted by atomic mass is 9.95. The second kappa shape index (κ2) is 8.27. The SMILES string of the molecule is Cc1cc(C)c(C[C@@H](O)CN(C)C(=S)Nc2ccccc2)c(C)c1. The van der Waals surface area contributed by atoms with E-state index in [0.717, 1.165) is 5.69 Å². The first-order chi connectivity index (χ1) is 11.4. The van der Waals surface area contributed by atoms with Crippen LogP contribution in [0.15, 0.2) is 42.5 Å². The fraction of sp³-hybridized carbons (Fsp3) is 0.350. The minimum atomic E-state index is -0.467. The summed E-state index contributed by atoms with van der Waals surface area (Å²) >= 11 is 5.41. The molecule has 2 N–H and O–H groups in total. The molecule has 0 heterocycles. The van der Waals surface area contributed by atoms with E-state index in [1.54, 1.807) is 0 Å². The Balaban J connectivity index is 1.94. The van der Waals surface area contributed by atoms with Crippen molar-refractivity contribution in [2.75, 3.05) is 18.9 Å². The van der Waals surface area contributed by atoms with Gasteiger partial charge in [0.05, 0.1) is 6.10 Å². The van der Waals surface area contributed by atoms with E-state index in [1.165, 1.54) is 22.3 Å². The van der Waals surface area contributed by atoms with Crippen LogP contribution in [-0.4, -0.2) is 34.8 Å². The fourth-order valence-corrected chi connectivity index (χ4v) is 3.16. The molecule has 0 amide bonds. The lowest BCUT2D eigenvalue weighted by Crippen LogP contribution is -2.38. The van der Waals surface area contributed by atoms with Crippen molar-refractivity contribution in [2.45, 2.75) is 33.3 Å². The van der Waals surface area contributed by atoms with Crippen LogP contribution in [0.1, 0.15) is 22.3 Å². The Morgan fingerprint density at radius 3 is 2.29 bits per heavy atom. The Labute approximate surface area is 150 Å². The summed E-state index contributed by atoms with van der Waals surface area (Å²) in [7, 11) is 1.90. The second-order valence-electron chi connectivity index (χ2n) is 6.41. The zero-order valence-electron chi connectivity index (χ0n) is 14.8. The van der Waals surface area contributed by atoms with Gasteiger partial charge in [-0.05, 0) is 61.8 Å². The lowest BCUT2D eigenvalue weighted by Gasteiger charge is -2.25. The van der Waals surface area contributed by atoms with Crippen molar-refractivity contribution in [3.05, 3.63) is 64.7 Å². The van der Waals surface area contributed by atoms with E-state index in [2.05, 4.69) is 38.2 Å². The minimum Gasteiger partial charge on any atom is -0.391 e. The maximum Gasteiger partial charge on any atom is 0.173 e. The third-order valence-corrected chi connectivity index (χ3v) is 4.55. The number of thiocarbonyl (C=S) groups is 1. The van der Waals surface area contributed by atoms with Gasteiger partial charge in [-0.1, -0.05) is 35.9 Å². The quantitative estimate of drug-likeness (QED) is 0.809. The third kappa shape index (κ3) is 5.05. The van der Waals surface area contributed by atoms with Crippen molar-refractivity contribution in [1.29, 1.82) is 0 Å². The van der Waals surface area contributed by atoms with Gasteiger partial charge in [-0.2, -0.15) is 0 Å². The highest BCUT2D eigenvalue weighted by Crippen LogP contribution is 2.18. The average Bonchev–Trinajstić information content (AvgIpc) is 2.51. The Morgan fingerprint density at radius 2 is 1.71 bits per heavy atom. The highest BCUT2D eigenvalue weighted by molar-refractivity contribution is 7.80. The van der Waals surface area contributed by atoms with Crippen LogP contribution in [0.25, 0.3) is 0 Å². The summed E-state index contributed by atoms with van der Waals surface area (Å²) < 4.78 is 0. The summed E-state index contributed by atoms with van der Waals surface area (Å²) in [5.74, 6) is 0. The summed E-state index contributed by atoms with van der Waals surface area (Å²) in [6.07, 6.45) is 0.168. The molecule has 0 aliphatic heterocycles. The van der Waals surface area contributed by atoms with Crippen LogP contribution < -0.4 is 5.32 Å². The average molecular weight is 343 g/mol. The molecule has 0 bridgehead atoms. The number of likely N-dealkylation sites (N-methyl/N-ethyl adjacent to an activating group) is 1. The zero-order valence-corrected chi connectivity index (χ0v) is 15.7. The van der Waals surface area contributed by atoms with Gasteiger partial charge in [0, 0.05) is 25.7 Å². The number of benzene rings is 2. The Bertz CT molecular complexity index is 677. The van der Waals surface area contributed by atoms with Gasteiger partial charge in [0.2, 0.25) is 0 Å². The fourth-order valence-electron chi connectivity index (χ4n) is 2.97. The molecule has 2 rings (SSSR count). The van der Waals surface area contributed by atoms with Gasteiger partial charge in [-0.15, -0.1) is 0 Å². The Hall–Kier alpha value is -1.91. The van der Waals surface area contributed by atoms with Gasteiger partial charge in [0.15, 0.2) is 5.11 Å². The number of hydrogen-bond acceptors (Lipinski definition) is 2. The number of para-hydroxylation sites is 1. The largest absolute Gasteiger partial charge is 0.391 e. The topological polar surface area (TPSA) is 35.5 Å². The molecule has 128 valence electrons. The van der Waals surface area contributed by atoms with Crippen LogP contribution in [0.2, 0.25) is 0 Å². The van der Waals surface area contributed by atoms with E-state index in [-0.39, 0.29) is 0 Å². The first kappa shape index (κ1) is 18.4. The first-order valence-electron chi connectivity index (χ1n) is 8.18. The summed E-state index contributed by atoms with van der Waals surface area (Å²) in [6.45, 7) is 6.80. The smallest absolute Gasteiger partial charge is 0.173 e. The van der Waals surface area contributed by atoms with Gasteiger partial charge >= 0.3 is 0 Å². The van der Waals surface area contributed by atoms with Crippen molar-refractivity contribution in [3.63, 3.8) is 0 Å². The summed E-state index contributed by atoms with van der Waals surface area (Å²) in [5, 5.41) is 14.3. The van der Waals surface area contributed by atoms with E-state index in [0.29, 0.717) is 18.1 Å². The maximum absolute atomic E-state index is 10.5. The molecule has 0 aliphatic rings. The van der Waals surface area contributed by atoms with E-state index in [4.69, 9.17) is 12.2 Å². The highest BCUT2D eigenvalue weighted by Gasteiger charge is 2.14. The number of anilines is 1. The molecule has 0 aliphatic carbocycles. The molecular formula is C20H26N2OS. The van der Waals surface area contributed by atoms with E-state index >= 15 is 0 Å². The zero-order chi connectivity index (χ0) is 17.7. The van der Waals surface area contributed by atoms with E-state index < -0.39 is 6.10 Å². The van der Waals surface area contributed by atoms with Crippen LogP contribution in [0.5, 0.6) is 0 Å². The molecule has 24 heavy (non-hydrogen) atoms. The molecule has 1 atom stereocenters. The normalized spacial score (nSPS) is 11.9. The molecule has 0 aromatic heterocycles. The number of aliphatic hydroxyl groups is 1. The van der Waals surface area contributed by atoms with E-state index in [1.807, 2.05) is 42.3 Å². The minimum absolute atomic E-state index is 0.467. The number of nitrogens with zero attached hydrogens (tertiary/aromatic N) is 1. The maximum atomic E-state index is 10.5. The molecule has 2 aromatic rings. The molecule has 0 saturated heterocycles. The Morgan fingerprint density at radius 1 is 1.12 bits per heavy atom. The van der Waals surface area contributed by atoms with Crippen molar-refractivity contribution in [2.24, 2.45) is 0 Å². The third-order valence-electron chi connectivity index (χ3n) is 4.14. The van der Waals surface area contributed by atoms with Gasteiger partial charge in [0.1, 0.15) is 0 Å². The van der Waals surface area contributed by atoms with Gasteiger partial charge in [-0.3, -0.25) is 0 Å². The molecule has 0 spiro atoms. The van der Waals surface area contributed by atoms with Crippen LogP contribution >= 0.6 is 12.2 Å². The number of aliphatic hydroxyl groups excluding tert-OH is 1. The molecule has 0 saturated carbocycles. The summed E-state index contributed by atoms with van der Waals surface area (Å²) in [4.78, 5) is 1.88. The van der Waals surface area contributed by atoms with Crippen molar-refractivity contribution in [1.82, 2.24) is 4.90 Å². The van der Waals surface area contributed by atoms with Crippen LogP contribution in [0.3, 0.4) is 0 Å². The number of hydrogen-bond donors (Lipinski definition) is 2. The van der Waals surface area contributed by atoms with Crippen molar-refractivity contribution < 1.29 is 5.11 Å². The Kier molecular flexibility index (Phi) is 6.35. The van der Waals surface area contributed by atoms with Crippen LogP contribution in [0, 0.1) is 20.8 Å². The number of rotatable bonds is 5. The predicted molar refractivity (Wildman–Crippen MR) is 106 cm³/mol. The van der Waals surface area contributed by atoms with Crippen molar-refractivity contribution >= 4 is 23.0 Å². The first-order valence-corrected chi connectivity index (χ1v) is 8.59. The van der Waals surface area contributed by atoms with Gasteiger partial charge in [0.25, 0.3) is 0 Å². The second-order valence-corrected chi connectivity index (χ2v) is 6.80. The lowest BCUT2D eigenvalue weighted by molar-refractivity contribution is 0.150. The summed E-state index contributed by atoms with van der Waals surface area (Å²) in [6, 6.07) is 14.2. The predicted octanol–water partition coefficient (Wildman–Crippen LogP) is 3.84. The number of nitrogens with one attached hydrogen (secondary N) is 1. The van der Waals surface area contributed by atoms with Gasteiger partial charge < -0.3 is 15.3 Å². The molecule has 3 nitrogen and oxygen atoms in total. The number of aryl methyl sites for hydroxylation is 3. The van der Waals surface area contributed by atoms with Crippen LogP contribution in [0.4, 0.5) is 5.69 Å². The van der Waals surface area contributed by atoms with E-state index in [9.17, 15) is 5.11 Å². The molecule has 2 aromatic carbocycles. The van der Waals surface area contributed by atoms with Gasteiger partial charge in [-0.25, -0.2) is 0 Å². The standard InChI is InChI=1S/C20H26N2OS/c1-14-10-15(2)19(16(3)11-14)12-18(23)13-22(4)20(24)21-17-8-6-5-7-9-17/h5-11,18,23H,12-13H2,1-4H3,(H,21,24)/t18-/m1/s1. The monoisotopic (exact) mass is 342 g/mol.